The van der Waals surface area contributed by atoms with Gasteiger partial charge < -0.3 is 15.2 Å². The van der Waals surface area contributed by atoms with Crippen LogP contribution in [0.5, 0.6) is 0 Å². The second kappa shape index (κ2) is 7.91. The summed E-state index contributed by atoms with van der Waals surface area (Å²) in [5.74, 6) is 0.489. The Morgan fingerprint density at radius 1 is 1.27 bits per heavy atom. The molecule has 0 amide bonds. The minimum absolute atomic E-state index is 0.112. The van der Waals surface area contributed by atoms with Gasteiger partial charge in [0.2, 0.25) is 11.6 Å². The van der Waals surface area contributed by atoms with Crippen LogP contribution in [-0.2, 0) is 6.54 Å². The minimum Gasteiger partial charge on any atom is -0.364 e. The van der Waals surface area contributed by atoms with Crippen LogP contribution in [0.2, 0.25) is 0 Å². The molecule has 0 aliphatic heterocycles. The molecule has 118 valence electrons. The molecule has 0 aromatic carbocycles. The maximum atomic E-state index is 11.3. The Morgan fingerprint density at radius 3 is 2.59 bits per heavy atom. The first-order valence-corrected chi connectivity index (χ1v) is 7.15. The lowest BCUT2D eigenvalue weighted by atomic mass is 10.3. The van der Waals surface area contributed by atoms with Crippen molar-refractivity contribution in [2.45, 2.75) is 26.3 Å². The SMILES string of the molecule is CCCNc1ncnc(NCCCn2ccnc2)c1[N+](=O)[O-]. The molecule has 2 aromatic rings. The van der Waals surface area contributed by atoms with Crippen molar-refractivity contribution in [3.8, 4) is 0 Å². The molecule has 0 unspecified atom stereocenters. The van der Waals surface area contributed by atoms with Gasteiger partial charge in [0.1, 0.15) is 6.33 Å². The predicted octanol–water partition coefficient (Wildman–Crippen LogP) is 1.91. The number of aromatic nitrogens is 4. The third-order valence-corrected chi connectivity index (χ3v) is 2.99. The fourth-order valence-corrected chi connectivity index (χ4v) is 1.94. The number of nitrogens with one attached hydrogen (secondary N) is 2. The molecule has 0 saturated heterocycles. The average molecular weight is 305 g/mol. The van der Waals surface area contributed by atoms with Gasteiger partial charge in [0, 0.05) is 32.0 Å². The van der Waals surface area contributed by atoms with E-state index in [4.69, 9.17) is 0 Å². The van der Waals surface area contributed by atoms with Gasteiger partial charge in [-0.25, -0.2) is 15.0 Å². The molecule has 0 saturated carbocycles. The highest BCUT2D eigenvalue weighted by Gasteiger charge is 2.22. The number of hydrogen-bond donors (Lipinski definition) is 2. The van der Waals surface area contributed by atoms with Crippen molar-refractivity contribution in [2.24, 2.45) is 0 Å². The summed E-state index contributed by atoms with van der Waals surface area (Å²) in [6.07, 6.45) is 8.31. The molecule has 0 fully saturated rings. The van der Waals surface area contributed by atoms with Gasteiger partial charge in [-0.3, -0.25) is 10.1 Å². The molecule has 2 aromatic heterocycles. The maximum absolute atomic E-state index is 11.3. The lowest BCUT2D eigenvalue weighted by Gasteiger charge is -2.09. The summed E-state index contributed by atoms with van der Waals surface area (Å²) < 4.78 is 1.95. The number of nitro groups is 1. The zero-order valence-electron chi connectivity index (χ0n) is 12.4. The van der Waals surface area contributed by atoms with E-state index in [1.165, 1.54) is 6.33 Å². The van der Waals surface area contributed by atoms with E-state index in [1.807, 2.05) is 17.7 Å². The molecule has 0 aliphatic rings. The van der Waals surface area contributed by atoms with Gasteiger partial charge >= 0.3 is 5.69 Å². The molecule has 9 nitrogen and oxygen atoms in total. The molecular formula is C13H19N7O2. The van der Waals surface area contributed by atoms with Crippen molar-refractivity contribution in [1.82, 2.24) is 19.5 Å². The van der Waals surface area contributed by atoms with Crippen LogP contribution in [0, 0.1) is 10.1 Å². The standard InChI is InChI=1S/C13H19N7O2/c1-2-4-15-12-11(20(21)22)13(18-9-17-12)16-5-3-7-19-8-6-14-10-19/h6,8-10H,2-5,7H2,1H3,(H2,15,16,17,18). The lowest BCUT2D eigenvalue weighted by molar-refractivity contribution is -0.383. The second-order valence-electron chi connectivity index (χ2n) is 4.68. The first kappa shape index (κ1) is 15.7. The summed E-state index contributed by atoms with van der Waals surface area (Å²) in [6.45, 7) is 3.96. The topological polar surface area (TPSA) is 111 Å². The van der Waals surface area contributed by atoms with E-state index < -0.39 is 4.92 Å². The van der Waals surface area contributed by atoms with Gasteiger partial charge in [-0.05, 0) is 12.8 Å². The van der Waals surface area contributed by atoms with E-state index in [0.717, 1.165) is 19.4 Å². The van der Waals surface area contributed by atoms with E-state index in [1.54, 1.807) is 12.5 Å². The van der Waals surface area contributed by atoms with E-state index >= 15 is 0 Å². The first-order valence-electron chi connectivity index (χ1n) is 7.15. The molecular weight excluding hydrogens is 286 g/mol. The number of anilines is 2. The highest BCUT2D eigenvalue weighted by atomic mass is 16.6. The zero-order valence-corrected chi connectivity index (χ0v) is 12.4. The zero-order chi connectivity index (χ0) is 15.8. The summed E-state index contributed by atoms with van der Waals surface area (Å²) in [4.78, 5) is 22.7. The molecule has 22 heavy (non-hydrogen) atoms. The van der Waals surface area contributed by atoms with Crippen molar-refractivity contribution in [3.63, 3.8) is 0 Å². The molecule has 0 radical (unpaired) electrons. The van der Waals surface area contributed by atoms with Crippen LogP contribution in [0.15, 0.2) is 25.0 Å². The highest BCUT2D eigenvalue weighted by molar-refractivity contribution is 5.69. The quantitative estimate of drug-likeness (QED) is 0.413. The van der Waals surface area contributed by atoms with Crippen LogP contribution in [0.25, 0.3) is 0 Å². The molecule has 9 heteroatoms. The van der Waals surface area contributed by atoms with Gasteiger partial charge in [-0.15, -0.1) is 0 Å². The number of hydrogen-bond acceptors (Lipinski definition) is 7. The lowest BCUT2D eigenvalue weighted by Crippen LogP contribution is -2.12. The Bertz CT molecular complexity index is 600. The molecule has 2 rings (SSSR count). The molecule has 0 bridgehead atoms. The maximum Gasteiger partial charge on any atom is 0.353 e. The monoisotopic (exact) mass is 305 g/mol. The predicted molar refractivity (Wildman–Crippen MR) is 82.8 cm³/mol. The molecule has 0 aliphatic carbocycles. The van der Waals surface area contributed by atoms with E-state index in [0.29, 0.717) is 13.1 Å². The van der Waals surface area contributed by atoms with Crippen LogP contribution >= 0.6 is 0 Å². The third kappa shape index (κ3) is 4.14. The van der Waals surface area contributed by atoms with Crippen LogP contribution in [0.3, 0.4) is 0 Å². The van der Waals surface area contributed by atoms with Crippen molar-refractivity contribution < 1.29 is 4.92 Å². The number of rotatable bonds is 9. The van der Waals surface area contributed by atoms with Gasteiger partial charge in [0.25, 0.3) is 0 Å². The van der Waals surface area contributed by atoms with Crippen LogP contribution in [0.1, 0.15) is 19.8 Å². The molecule has 0 atom stereocenters. The third-order valence-electron chi connectivity index (χ3n) is 2.99. The van der Waals surface area contributed by atoms with Crippen molar-refractivity contribution in [3.05, 3.63) is 35.2 Å². The highest BCUT2D eigenvalue weighted by Crippen LogP contribution is 2.28. The van der Waals surface area contributed by atoms with Gasteiger partial charge in [0.15, 0.2) is 0 Å². The fraction of sp³-hybridized carbons (Fsp3) is 0.462. The first-order chi connectivity index (χ1) is 10.7. The fourth-order valence-electron chi connectivity index (χ4n) is 1.94. The number of nitrogens with zero attached hydrogens (tertiary/aromatic N) is 5. The van der Waals surface area contributed by atoms with Crippen LogP contribution in [-0.4, -0.2) is 37.5 Å². The normalized spacial score (nSPS) is 10.4. The summed E-state index contributed by atoms with van der Waals surface area (Å²) in [5, 5.41) is 17.2. The van der Waals surface area contributed by atoms with Gasteiger partial charge in [0.05, 0.1) is 11.3 Å². The molecule has 0 spiro atoms. The smallest absolute Gasteiger partial charge is 0.353 e. The summed E-state index contributed by atoms with van der Waals surface area (Å²) in [6, 6.07) is 0. The van der Waals surface area contributed by atoms with Gasteiger partial charge in [-0.2, -0.15) is 0 Å². The van der Waals surface area contributed by atoms with E-state index in [-0.39, 0.29) is 17.3 Å². The Morgan fingerprint density at radius 2 is 2.00 bits per heavy atom. The summed E-state index contributed by atoms with van der Waals surface area (Å²) in [7, 11) is 0. The Balaban J connectivity index is 1.98. The van der Waals surface area contributed by atoms with Crippen molar-refractivity contribution in [1.29, 1.82) is 0 Å². The Hall–Kier alpha value is -2.71. The largest absolute Gasteiger partial charge is 0.364 e. The molecule has 2 heterocycles. The number of imidazole rings is 1. The average Bonchev–Trinajstić information content (AvgIpc) is 3.02. The summed E-state index contributed by atoms with van der Waals surface area (Å²) >= 11 is 0. The summed E-state index contributed by atoms with van der Waals surface area (Å²) in [5.41, 5.74) is -0.112. The minimum atomic E-state index is -0.462. The Labute approximate surface area is 128 Å². The van der Waals surface area contributed by atoms with Crippen LogP contribution < -0.4 is 10.6 Å². The van der Waals surface area contributed by atoms with Gasteiger partial charge in [-0.1, -0.05) is 6.92 Å². The van der Waals surface area contributed by atoms with Crippen molar-refractivity contribution >= 4 is 17.3 Å². The van der Waals surface area contributed by atoms with E-state index in [2.05, 4.69) is 25.6 Å². The number of aryl methyl sites for hydroxylation is 1. The second-order valence-corrected chi connectivity index (χ2v) is 4.68. The van der Waals surface area contributed by atoms with E-state index in [9.17, 15) is 10.1 Å². The Kier molecular flexibility index (Phi) is 5.64. The van der Waals surface area contributed by atoms with Crippen LogP contribution in [0.4, 0.5) is 17.3 Å². The van der Waals surface area contributed by atoms with Crippen molar-refractivity contribution in [2.75, 3.05) is 23.7 Å². The molecule has 2 N–H and O–H groups in total.